The van der Waals surface area contributed by atoms with Gasteiger partial charge in [-0.25, -0.2) is 4.98 Å². The topological polar surface area (TPSA) is 59.3 Å². The molecule has 0 aromatic carbocycles. The van der Waals surface area contributed by atoms with Gasteiger partial charge in [-0.05, 0) is 13.8 Å². The van der Waals surface area contributed by atoms with Crippen LogP contribution in [-0.2, 0) is 11.3 Å². The highest BCUT2D eigenvalue weighted by molar-refractivity contribution is 5.00. The van der Waals surface area contributed by atoms with Crippen LogP contribution in [0.15, 0.2) is 12.5 Å². The van der Waals surface area contributed by atoms with Gasteiger partial charge in [-0.2, -0.15) is 0 Å². The third-order valence-electron chi connectivity index (χ3n) is 3.15. The molecule has 1 atom stereocenters. The molecule has 0 bridgehead atoms. The molecule has 96 valence electrons. The fraction of sp³-hybridized carbons (Fsp3) is 0.750. The van der Waals surface area contributed by atoms with Gasteiger partial charge >= 0.3 is 0 Å². The van der Waals surface area contributed by atoms with Crippen molar-refractivity contribution in [2.75, 3.05) is 19.8 Å². The zero-order valence-corrected chi connectivity index (χ0v) is 10.5. The lowest BCUT2D eigenvalue weighted by atomic mass is 10.0. The van der Waals surface area contributed by atoms with Gasteiger partial charge in [0.15, 0.2) is 0 Å². The summed E-state index contributed by atoms with van der Waals surface area (Å²) in [6, 6.07) is 0.409. The zero-order valence-electron chi connectivity index (χ0n) is 10.5. The summed E-state index contributed by atoms with van der Waals surface area (Å²) in [6.07, 6.45) is 4.42. The van der Waals surface area contributed by atoms with Gasteiger partial charge in [0.05, 0.1) is 18.6 Å². The molecule has 1 aliphatic heterocycles. The maximum atomic E-state index is 10.1. The molecule has 0 spiro atoms. The predicted molar refractivity (Wildman–Crippen MR) is 64.7 cm³/mol. The van der Waals surface area contributed by atoms with Crippen LogP contribution in [0.1, 0.15) is 32.0 Å². The number of nitrogens with zero attached hydrogens (tertiary/aromatic N) is 2. The highest BCUT2D eigenvalue weighted by Gasteiger charge is 2.31. The molecule has 2 rings (SSSR count). The van der Waals surface area contributed by atoms with Gasteiger partial charge in [0.2, 0.25) is 0 Å². The van der Waals surface area contributed by atoms with Crippen LogP contribution in [0, 0.1) is 0 Å². The van der Waals surface area contributed by atoms with Crippen LogP contribution in [0.3, 0.4) is 0 Å². The van der Waals surface area contributed by atoms with Crippen LogP contribution in [0.2, 0.25) is 0 Å². The number of aromatic nitrogens is 2. The minimum Gasteiger partial charge on any atom is -0.386 e. The van der Waals surface area contributed by atoms with Crippen molar-refractivity contribution in [3.8, 4) is 0 Å². The van der Waals surface area contributed by atoms with E-state index in [9.17, 15) is 5.11 Å². The first kappa shape index (κ1) is 12.5. The van der Waals surface area contributed by atoms with E-state index in [-0.39, 0.29) is 0 Å². The van der Waals surface area contributed by atoms with E-state index in [1.807, 2.05) is 12.5 Å². The smallest absolute Gasteiger partial charge is 0.103 e. The normalized spacial score (nSPS) is 24.7. The maximum absolute atomic E-state index is 10.1. The molecule has 1 aliphatic rings. The summed E-state index contributed by atoms with van der Waals surface area (Å²) in [5, 5.41) is 13.4. The van der Waals surface area contributed by atoms with Crippen molar-refractivity contribution < 1.29 is 9.84 Å². The second-order valence-corrected chi connectivity index (χ2v) is 5.02. The summed E-state index contributed by atoms with van der Waals surface area (Å²) in [5.41, 5.74) is 0.449. The van der Waals surface area contributed by atoms with Crippen molar-refractivity contribution in [3.05, 3.63) is 18.2 Å². The number of ether oxygens (including phenoxy) is 1. The van der Waals surface area contributed by atoms with Crippen molar-refractivity contribution in [2.45, 2.75) is 38.5 Å². The largest absolute Gasteiger partial charge is 0.386 e. The van der Waals surface area contributed by atoms with Gasteiger partial charge in [-0.3, -0.25) is 0 Å². The third kappa shape index (κ3) is 3.06. The van der Waals surface area contributed by atoms with E-state index in [4.69, 9.17) is 4.74 Å². The van der Waals surface area contributed by atoms with Gasteiger partial charge in [-0.15, -0.1) is 0 Å². The Kier molecular flexibility index (Phi) is 3.81. The molecule has 0 radical (unpaired) electrons. The second kappa shape index (κ2) is 5.16. The molecule has 0 aliphatic carbocycles. The Morgan fingerprint density at radius 1 is 1.65 bits per heavy atom. The quantitative estimate of drug-likeness (QED) is 0.794. The van der Waals surface area contributed by atoms with Gasteiger partial charge < -0.3 is 19.7 Å². The molecular weight excluding hydrogens is 218 g/mol. The summed E-state index contributed by atoms with van der Waals surface area (Å²) in [5.74, 6) is 0. The minimum atomic E-state index is -0.692. The fourth-order valence-corrected chi connectivity index (χ4v) is 2.09. The van der Waals surface area contributed by atoms with Crippen LogP contribution in [0.5, 0.6) is 0 Å². The van der Waals surface area contributed by atoms with Crippen molar-refractivity contribution in [2.24, 2.45) is 0 Å². The number of hydrogen-bond donors (Lipinski definition) is 2. The van der Waals surface area contributed by atoms with E-state index >= 15 is 0 Å². The van der Waals surface area contributed by atoms with Crippen molar-refractivity contribution in [1.29, 1.82) is 0 Å². The third-order valence-corrected chi connectivity index (χ3v) is 3.15. The molecule has 1 aromatic rings. The molecule has 1 fully saturated rings. The molecule has 1 aromatic heterocycles. The molecule has 1 unspecified atom stereocenters. The van der Waals surface area contributed by atoms with Crippen molar-refractivity contribution in [1.82, 2.24) is 14.9 Å². The number of aliphatic hydroxyl groups is 1. The summed E-state index contributed by atoms with van der Waals surface area (Å²) in [6.45, 7) is 6.63. The Hall–Kier alpha value is -0.910. The first-order valence-corrected chi connectivity index (χ1v) is 6.12. The Morgan fingerprint density at radius 3 is 3.12 bits per heavy atom. The van der Waals surface area contributed by atoms with Crippen LogP contribution >= 0.6 is 0 Å². The molecule has 5 heteroatoms. The Bertz CT molecular complexity index is 356. The lowest BCUT2D eigenvalue weighted by Gasteiger charge is -2.21. The van der Waals surface area contributed by atoms with Crippen LogP contribution in [0.25, 0.3) is 0 Å². The van der Waals surface area contributed by atoms with E-state index < -0.39 is 5.60 Å². The molecule has 0 saturated carbocycles. The average molecular weight is 239 g/mol. The predicted octanol–water partition coefficient (Wildman–Crippen LogP) is 0.705. The van der Waals surface area contributed by atoms with E-state index in [1.54, 1.807) is 0 Å². The SMILES string of the molecule is CC(C)n1cncc1CNCC1(O)CCOC1. The highest BCUT2D eigenvalue weighted by Crippen LogP contribution is 2.17. The number of hydrogen-bond acceptors (Lipinski definition) is 4. The summed E-state index contributed by atoms with van der Waals surface area (Å²) in [7, 11) is 0. The fourth-order valence-electron chi connectivity index (χ4n) is 2.09. The first-order valence-electron chi connectivity index (χ1n) is 6.12. The molecule has 17 heavy (non-hydrogen) atoms. The molecule has 2 heterocycles. The number of nitrogens with one attached hydrogen (secondary N) is 1. The van der Waals surface area contributed by atoms with Gasteiger partial charge in [0.25, 0.3) is 0 Å². The summed E-state index contributed by atoms with van der Waals surface area (Å²) < 4.78 is 7.33. The highest BCUT2D eigenvalue weighted by atomic mass is 16.5. The average Bonchev–Trinajstić information content (AvgIpc) is 2.87. The van der Waals surface area contributed by atoms with Gasteiger partial charge in [0.1, 0.15) is 5.60 Å². The monoisotopic (exact) mass is 239 g/mol. The molecule has 1 saturated heterocycles. The molecular formula is C12H21N3O2. The van der Waals surface area contributed by atoms with Crippen LogP contribution in [-0.4, -0.2) is 40.0 Å². The lowest BCUT2D eigenvalue weighted by Crippen LogP contribution is -2.41. The lowest BCUT2D eigenvalue weighted by molar-refractivity contribution is 0.0267. The summed E-state index contributed by atoms with van der Waals surface area (Å²) >= 11 is 0. The Morgan fingerprint density at radius 2 is 2.47 bits per heavy atom. The van der Waals surface area contributed by atoms with Crippen LogP contribution in [0.4, 0.5) is 0 Å². The van der Waals surface area contributed by atoms with Crippen LogP contribution < -0.4 is 5.32 Å². The maximum Gasteiger partial charge on any atom is 0.103 e. The standard InChI is InChI=1S/C12H21N3O2/c1-10(2)15-9-14-6-11(15)5-13-7-12(16)3-4-17-8-12/h6,9-10,13,16H,3-5,7-8H2,1-2H3. The van der Waals surface area contributed by atoms with E-state index in [0.717, 1.165) is 12.2 Å². The van der Waals surface area contributed by atoms with Crippen molar-refractivity contribution >= 4 is 0 Å². The first-order chi connectivity index (χ1) is 8.11. The van der Waals surface area contributed by atoms with E-state index in [0.29, 0.717) is 32.2 Å². The Labute approximate surface area is 102 Å². The van der Waals surface area contributed by atoms with Crippen molar-refractivity contribution in [3.63, 3.8) is 0 Å². The number of imidazole rings is 1. The number of rotatable bonds is 5. The minimum absolute atomic E-state index is 0.409. The second-order valence-electron chi connectivity index (χ2n) is 5.02. The van der Waals surface area contributed by atoms with E-state index in [1.165, 1.54) is 0 Å². The zero-order chi connectivity index (χ0) is 12.3. The molecule has 0 amide bonds. The van der Waals surface area contributed by atoms with Gasteiger partial charge in [0, 0.05) is 38.4 Å². The molecule has 2 N–H and O–H groups in total. The Balaban J connectivity index is 1.83. The van der Waals surface area contributed by atoms with Gasteiger partial charge in [-0.1, -0.05) is 0 Å². The molecule has 5 nitrogen and oxygen atoms in total. The van der Waals surface area contributed by atoms with E-state index in [2.05, 4.69) is 28.7 Å². The summed E-state index contributed by atoms with van der Waals surface area (Å²) in [4.78, 5) is 4.15.